The number of nitrogens with one attached hydrogen (secondary N) is 2. The monoisotopic (exact) mass is 403 g/mol. The molecule has 0 aromatic carbocycles. The fourth-order valence-electron chi connectivity index (χ4n) is 2.61. The van der Waals surface area contributed by atoms with Crippen molar-refractivity contribution in [1.82, 2.24) is 25.8 Å². The van der Waals surface area contributed by atoms with Crippen LogP contribution in [0.1, 0.15) is 47.3 Å². The van der Waals surface area contributed by atoms with Gasteiger partial charge in [-0.15, -0.1) is 0 Å². The predicted molar refractivity (Wildman–Crippen MR) is 96.7 cm³/mol. The van der Waals surface area contributed by atoms with E-state index in [4.69, 9.17) is 9.26 Å². The van der Waals surface area contributed by atoms with E-state index in [0.29, 0.717) is 24.1 Å². The Labute approximate surface area is 165 Å². The van der Waals surface area contributed by atoms with Gasteiger partial charge in [0.1, 0.15) is 0 Å². The van der Waals surface area contributed by atoms with E-state index in [1.807, 2.05) is 0 Å². The summed E-state index contributed by atoms with van der Waals surface area (Å²) < 4.78 is 10.1. The molecule has 0 radical (unpaired) electrons. The number of nitrogens with zero attached hydrogens (tertiary/aromatic N) is 3. The summed E-state index contributed by atoms with van der Waals surface area (Å²) in [7, 11) is 1.10. The Balaban J connectivity index is 1.55. The number of aromatic nitrogens is 3. The van der Waals surface area contributed by atoms with Crippen LogP contribution in [-0.2, 0) is 20.7 Å². The number of carboxylic acids is 1. The van der Waals surface area contributed by atoms with Crippen molar-refractivity contribution in [3.8, 4) is 0 Å². The van der Waals surface area contributed by atoms with Crippen molar-refractivity contribution in [2.24, 2.45) is 0 Å². The van der Waals surface area contributed by atoms with Gasteiger partial charge in [-0.3, -0.25) is 14.6 Å². The average Bonchev–Trinajstić information content (AvgIpc) is 3.46. The number of aliphatic carboxylic acids is 1. The molecule has 1 aliphatic carbocycles. The maximum absolute atomic E-state index is 12.3. The number of carbonyl (C=O) groups excluding carboxylic acids is 2. The predicted octanol–water partition coefficient (Wildman–Crippen LogP) is 0.248. The highest BCUT2D eigenvalue weighted by atomic mass is 16.5. The molecule has 1 atom stereocenters. The largest absolute Gasteiger partial charge is 0.478 e. The van der Waals surface area contributed by atoms with Crippen LogP contribution < -0.4 is 10.6 Å². The van der Waals surface area contributed by atoms with Gasteiger partial charge in [0.05, 0.1) is 12.0 Å². The van der Waals surface area contributed by atoms with Crippen LogP contribution in [0, 0.1) is 0 Å². The molecule has 1 saturated carbocycles. The standard InChI is InChI=1S/C18H21N5O6/c1-28-18(17(26)27,22-16(25)12-3-2-7-19-10-12)9-13(24)20-8-6-14-21-15(23-29-14)11-4-5-11/h2-3,7,10-11H,4-6,8-9H2,1H3,(H,20,24)(H,22,25)(H,26,27). The second-order valence-corrected chi connectivity index (χ2v) is 6.63. The smallest absolute Gasteiger partial charge is 0.357 e. The van der Waals surface area contributed by atoms with Crippen LogP contribution in [0.25, 0.3) is 0 Å². The second-order valence-electron chi connectivity index (χ2n) is 6.63. The summed E-state index contributed by atoms with van der Waals surface area (Å²) in [5.41, 5.74) is -2.08. The highest BCUT2D eigenvalue weighted by Crippen LogP contribution is 2.38. The van der Waals surface area contributed by atoms with E-state index in [2.05, 4.69) is 25.8 Å². The van der Waals surface area contributed by atoms with Crippen molar-refractivity contribution in [2.45, 2.75) is 37.3 Å². The van der Waals surface area contributed by atoms with Crippen LogP contribution in [0.15, 0.2) is 29.0 Å². The zero-order chi connectivity index (χ0) is 20.9. The number of hydrogen-bond acceptors (Lipinski definition) is 8. The number of rotatable bonds is 10. The van der Waals surface area contributed by atoms with Gasteiger partial charge in [-0.2, -0.15) is 4.98 Å². The van der Waals surface area contributed by atoms with E-state index >= 15 is 0 Å². The SMILES string of the molecule is COC(CC(=O)NCCc1nc(C2CC2)no1)(NC(=O)c1cccnc1)C(=O)O. The Morgan fingerprint density at radius 1 is 1.38 bits per heavy atom. The molecular formula is C18H21N5O6. The quantitative estimate of drug-likeness (QED) is 0.473. The van der Waals surface area contributed by atoms with Crippen molar-refractivity contribution in [2.75, 3.05) is 13.7 Å². The van der Waals surface area contributed by atoms with Gasteiger partial charge < -0.3 is 25.0 Å². The van der Waals surface area contributed by atoms with Gasteiger partial charge in [0, 0.05) is 38.4 Å². The van der Waals surface area contributed by atoms with Crippen LogP contribution in [0.2, 0.25) is 0 Å². The first-order valence-corrected chi connectivity index (χ1v) is 9.04. The summed E-state index contributed by atoms with van der Waals surface area (Å²) in [6.07, 6.45) is 4.53. The minimum absolute atomic E-state index is 0.137. The Morgan fingerprint density at radius 3 is 2.79 bits per heavy atom. The normalized spacial score (nSPS) is 15.3. The zero-order valence-corrected chi connectivity index (χ0v) is 15.8. The summed E-state index contributed by atoms with van der Waals surface area (Å²) in [6.45, 7) is 0.168. The molecule has 3 N–H and O–H groups in total. The Bertz CT molecular complexity index is 882. The van der Waals surface area contributed by atoms with Gasteiger partial charge in [0.25, 0.3) is 5.91 Å². The van der Waals surface area contributed by atoms with Crippen molar-refractivity contribution in [3.05, 3.63) is 41.8 Å². The molecule has 2 aromatic heterocycles. The van der Waals surface area contributed by atoms with Crippen LogP contribution >= 0.6 is 0 Å². The van der Waals surface area contributed by atoms with Crippen LogP contribution in [0.3, 0.4) is 0 Å². The Morgan fingerprint density at radius 2 is 2.17 bits per heavy atom. The van der Waals surface area contributed by atoms with Crippen molar-refractivity contribution in [3.63, 3.8) is 0 Å². The van der Waals surface area contributed by atoms with E-state index in [1.54, 1.807) is 0 Å². The van der Waals surface area contributed by atoms with E-state index in [9.17, 15) is 19.5 Å². The summed E-state index contributed by atoms with van der Waals surface area (Å²) >= 11 is 0. The first-order chi connectivity index (χ1) is 13.9. The lowest BCUT2D eigenvalue weighted by molar-refractivity contribution is -0.168. The molecule has 0 saturated heterocycles. The number of carboxylic acid groups (broad SMARTS) is 1. The fraction of sp³-hybridized carbons (Fsp3) is 0.444. The third-order valence-electron chi connectivity index (χ3n) is 4.43. The lowest BCUT2D eigenvalue weighted by Crippen LogP contribution is -2.58. The maximum Gasteiger partial charge on any atom is 0.357 e. The minimum atomic E-state index is -2.22. The number of carbonyl (C=O) groups is 3. The van der Waals surface area contributed by atoms with E-state index < -0.39 is 29.9 Å². The third kappa shape index (κ3) is 5.13. The van der Waals surface area contributed by atoms with Crippen molar-refractivity contribution in [1.29, 1.82) is 0 Å². The van der Waals surface area contributed by atoms with Gasteiger partial charge in [-0.1, -0.05) is 5.16 Å². The highest BCUT2D eigenvalue weighted by Gasteiger charge is 2.43. The van der Waals surface area contributed by atoms with Gasteiger partial charge in [0.15, 0.2) is 5.82 Å². The number of methoxy groups -OCH3 is 1. The zero-order valence-electron chi connectivity index (χ0n) is 15.8. The highest BCUT2D eigenvalue weighted by molar-refractivity contribution is 5.98. The Kier molecular flexibility index (Phi) is 6.17. The molecule has 3 rings (SSSR count). The molecule has 1 unspecified atom stereocenters. The lowest BCUT2D eigenvalue weighted by Gasteiger charge is -2.28. The summed E-state index contributed by atoms with van der Waals surface area (Å²) in [6, 6.07) is 2.99. The van der Waals surface area contributed by atoms with E-state index in [1.165, 1.54) is 24.5 Å². The molecule has 1 aliphatic rings. The number of pyridine rings is 1. The topological polar surface area (TPSA) is 157 Å². The molecule has 1 fully saturated rings. The molecule has 2 aromatic rings. The van der Waals surface area contributed by atoms with Gasteiger partial charge in [-0.05, 0) is 25.0 Å². The number of amides is 2. The maximum atomic E-state index is 12.3. The second kappa shape index (κ2) is 8.78. The number of hydrogen-bond donors (Lipinski definition) is 3. The van der Waals surface area contributed by atoms with Gasteiger partial charge in [-0.25, -0.2) is 4.79 Å². The van der Waals surface area contributed by atoms with Crippen LogP contribution in [0.4, 0.5) is 0 Å². The van der Waals surface area contributed by atoms with Gasteiger partial charge >= 0.3 is 5.97 Å². The molecular weight excluding hydrogens is 382 g/mol. The minimum Gasteiger partial charge on any atom is -0.478 e. The van der Waals surface area contributed by atoms with Crippen LogP contribution in [-0.4, -0.2) is 57.4 Å². The molecule has 2 amide bonds. The molecule has 11 heteroatoms. The van der Waals surface area contributed by atoms with E-state index in [0.717, 1.165) is 20.0 Å². The third-order valence-corrected chi connectivity index (χ3v) is 4.43. The van der Waals surface area contributed by atoms with Crippen molar-refractivity contribution < 1.29 is 28.8 Å². The molecule has 29 heavy (non-hydrogen) atoms. The van der Waals surface area contributed by atoms with Crippen LogP contribution in [0.5, 0.6) is 0 Å². The molecule has 2 heterocycles. The summed E-state index contributed by atoms with van der Waals surface area (Å²) in [5.74, 6) is -1.42. The van der Waals surface area contributed by atoms with E-state index in [-0.39, 0.29) is 12.1 Å². The summed E-state index contributed by atoms with van der Waals surface area (Å²) in [4.78, 5) is 44.4. The van der Waals surface area contributed by atoms with Gasteiger partial charge in [0.2, 0.25) is 17.5 Å². The first-order valence-electron chi connectivity index (χ1n) is 9.04. The molecule has 0 spiro atoms. The number of ether oxygens (including phenoxy) is 1. The average molecular weight is 403 g/mol. The lowest BCUT2D eigenvalue weighted by atomic mass is 10.1. The fourth-order valence-corrected chi connectivity index (χ4v) is 2.61. The molecule has 154 valence electrons. The molecule has 11 nitrogen and oxygen atoms in total. The summed E-state index contributed by atoms with van der Waals surface area (Å²) in [5, 5.41) is 18.3. The molecule has 0 aliphatic heterocycles. The van der Waals surface area contributed by atoms with Crippen molar-refractivity contribution >= 4 is 17.8 Å². The molecule has 0 bridgehead atoms. The Hall–Kier alpha value is -3.34. The first kappa shape index (κ1) is 20.4.